The Morgan fingerprint density at radius 2 is 1.86 bits per heavy atom. The highest BCUT2D eigenvalue weighted by molar-refractivity contribution is 7.91. The van der Waals surface area contributed by atoms with Crippen LogP contribution in [0.5, 0.6) is 0 Å². The first-order valence-electron chi connectivity index (χ1n) is 10.3. The average molecular weight is 429 g/mol. The van der Waals surface area contributed by atoms with Crippen LogP contribution in [0.3, 0.4) is 0 Å². The number of ether oxygens (including phenoxy) is 1. The van der Waals surface area contributed by atoms with E-state index >= 15 is 0 Å². The van der Waals surface area contributed by atoms with Gasteiger partial charge in [0, 0.05) is 37.6 Å². The van der Waals surface area contributed by atoms with Crippen LogP contribution in [0.2, 0.25) is 0 Å². The number of hydrogen-bond donors (Lipinski definition) is 0. The van der Waals surface area contributed by atoms with Crippen LogP contribution in [-0.4, -0.2) is 56.9 Å². The Morgan fingerprint density at radius 3 is 2.46 bits per heavy atom. The molecular formula is C20H32N2O4S2. The standard InChI is InChI=1S/C20H32N2O4S2/c1-4-15(2)13-21-12-9-16-17(14-21)27-20(18(16)19(23)26-3)28(24,25)22-10-7-5-6-8-11-22/h15H,4-14H2,1-3H3. The van der Waals surface area contributed by atoms with E-state index in [0.29, 0.717) is 32.0 Å². The summed E-state index contributed by atoms with van der Waals surface area (Å²) in [5.74, 6) is 0.0724. The van der Waals surface area contributed by atoms with Crippen LogP contribution in [0.25, 0.3) is 0 Å². The van der Waals surface area contributed by atoms with Crippen LogP contribution in [0.15, 0.2) is 4.21 Å². The first-order valence-corrected chi connectivity index (χ1v) is 12.6. The molecule has 0 radical (unpaired) electrons. The summed E-state index contributed by atoms with van der Waals surface area (Å²) in [4.78, 5) is 15.9. The first kappa shape index (κ1) is 21.7. The molecule has 1 fully saturated rings. The molecule has 2 aliphatic heterocycles. The fourth-order valence-electron chi connectivity index (χ4n) is 4.05. The van der Waals surface area contributed by atoms with Crippen molar-refractivity contribution in [3.8, 4) is 0 Å². The van der Waals surface area contributed by atoms with Gasteiger partial charge in [-0.3, -0.25) is 4.90 Å². The van der Waals surface area contributed by atoms with Gasteiger partial charge < -0.3 is 4.74 Å². The molecule has 1 unspecified atom stereocenters. The van der Waals surface area contributed by atoms with Gasteiger partial charge in [0.25, 0.3) is 10.0 Å². The van der Waals surface area contributed by atoms with Gasteiger partial charge in [0.1, 0.15) is 4.21 Å². The van der Waals surface area contributed by atoms with E-state index in [-0.39, 0.29) is 9.77 Å². The number of esters is 1. The molecule has 1 aromatic rings. The van der Waals surface area contributed by atoms with Crippen LogP contribution in [0, 0.1) is 5.92 Å². The van der Waals surface area contributed by atoms with E-state index in [2.05, 4.69) is 18.7 Å². The topological polar surface area (TPSA) is 66.9 Å². The van der Waals surface area contributed by atoms with Gasteiger partial charge in [-0.2, -0.15) is 4.31 Å². The van der Waals surface area contributed by atoms with Crippen molar-refractivity contribution < 1.29 is 17.9 Å². The van der Waals surface area contributed by atoms with Crippen LogP contribution < -0.4 is 0 Å². The highest BCUT2D eigenvalue weighted by atomic mass is 32.2. The third-order valence-corrected chi connectivity index (χ3v) is 9.51. The summed E-state index contributed by atoms with van der Waals surface area (Å²) in [7, 11) is -2.35. The summed E-state index contributed by atoms with van der Waals surface area (Å²) in [6, 6.07) is 0. The number of carbonyl (C=O) groups is 1. The van der Waals surface area contributed by atoms with Crippen molar-refractivity contribution in [2.24, 2.45) is 5.92 Å². The molecule has 3 rings (SSSR count). The molecule has 8 heteroatoms. The molecule has 0 N–H and O–H groups in total. The molecule has 2 aliphatic rings. The van der Waals surface area contributed by atoms with E-state index in [9.17, 15) is 13.2 Å². The Morgan fingerprint density at radius 1 is 1.18 bits per heavy atom. The summed E-state index contributed by atoms with van der Waals surface area (Å²) in [5.41, 5.74) is 1.17. The van der Waals surface area contributed by atoms with Crippen molar-refractivity contribution in [2.75, 3.05) is 33.3 Å². The Labute approximate surface area is 172 Å². The van der Waals surface area contributed by atoms with Crippen molar-refractivity contribution in [3.63, 3.8) is 0 Å². The van der Waals surface area contributed by atoms with Crippen molar-refractivity contribution in [1.29, 1.82) is 0 Å². The van der Waals surface area contributed by atoms with Crippen molar-refractivity contribution in [2.45, 2.75) is 63.1 Å². The largest absolute Gasteiger partial charge is 0.465 e. The Bertz CT molecular complexity index is 795. The molecule has 0 aliphatic carbocycles. The lowest BCUT2D eigenvalue weighted by Crippen LogP contribution is -2.34. The average Bonchev–Trinajstić information content (AvgIpc) is 2.86. The van der Waals surface area contributed by atoms with Crippen LogP contribution >= 0.6 is 11.3 Å². The summed E-state index contributed by atoms with van der Waals surface area (Å²) in [6.45, 7) is 8.05. The summed E-state index contributed by atoms with van der Waals surface area (Å²) in [6.07, 6.45) is 5.68. The predicted octanol–water partition coefficient (Wildman–Crippen LogP) is 3.50. The monoisotopic (exact) mass is 428 g/mol. The van der Waals surface area contributed by atoms with Crippen LogP contribution in [0.1, 0.15) is 66.8 Å². The van der Waals surface area contributed by atoms with E-state index in [1.54, 1.807) is 4.31 Å². The molecular weight excluding hydrogens is 396 g/mol. The maximum atomic E-state index is 13.4. The molecule has 1 aromatic heterocycles. The molecule has 158 valence electrons. The number of methoxy groups -OCH3 is 1. The Hall–Kier alpha value is -0.960. The maximum absolute atomic E-state index is 13.4. The lowest BCUT2D eigenvalue weighted by atomic mass is 10.0. The van der Waals surface area contributed by atoms with Gasteiger partial charge in [-0.15, -0.1) is 11.3 Å². The summed E-state index contributed by atoms with van der Waals surface area (Å²) < 4.78 is 33.6. The number of nitrogens with zero attached hydrogens (tertiary/aromatic N) is 2. The minimum Gasteiger partial charge on any atom is -0.465 e. The zero-order valence-electron chi connectivity index (χ0n) is 17.2. The fraction of sp³-hybridized carbons (Fsp3) is 0.750. The van der Waals surface area contributed by atoms with Crippen LogP contribution in [-0.2, 0) is 27.7 Å². The van der Waals surface area contributed by atoms with Gasteiger partial charge in [-0.1, -0.05) is 33.1 Å². The lowest BCUT2D eigenvalue weighted by Gasteiger charge is -2.29. The zero-order chi connectivity index (χ0) is 20.3. The third kappa shape index (κ3) is 4.45. The second-order valence-electron chi connectivity index (χ2n) is 7.97. The smallest absolute Gasteiger partial charge is 0.340 e. The highest BCUT2D eigenvalue weighted by Crippen LogP contribution is 2.38. The van der Waals surface area contributed by atoms with Gasteiger partial charge >= 0.3 is 5.97 Å². The lowest BCUT2D eigenvalue weighted by molar-refractivity contribution is 0.0595. The summed E-state index contributed by atoms with van der Waals surface area (Å²) >= 11 is 1.28. The summed E-state index contributed by atoms with van der Waals surface area (Å²) in [5, 5.41) is 0. The fourth-order valence-corrected chi connectivity index (χ4v) is 7.63. The minimum absolute atomic E-state index is 0.191. The molecule has 0 amide bonds. The van der Waals surface area contributed by atoms with Gasteiger partial charge in [0.05, 0.1) is 12.7 Å². The Balaban J connectivity index is 1.96. The molecule has 0 spiro atoms. The molecule has 0 bridgehead atoms. The van der Waals surface area contributed by atoms with E-state index in [0.717, 1.165) is 55.6 Å². The molecule has 3 heterocycles. The van der Waals surface area contributed by atoms with E-state index in [1.807, 2.05) is 0 Å². The Kier molecular flexibility index (Phi) is 7.17. The molecule has 6 nitrogen and oxygen atoms in total. The SMILES string of the molecule is CCC(C)CN1CCc2c(sc(S(=O)(=O)N3CCCCCC3)c2C(=O)OC)C1. The second kappa shape index (κ2) is 9.24. The van der Waals surface area contributed by atoms with Crippen molar-refractivity contribution in [3.05, 3.63) is 16.0 Å². The second-order valence-corrected chi connectivity index (χ2v) is 11.2. The van der Waals surface area contributed by atoms with Crippen molar-refractivity contribution >= 4 is 27.3 Å². The number of hydrogen-bond acceptors (Lipinski definition) is 6. The maximum Gasteiger partial charge on any atom is 0.340 e. The van der Waals surface area contributed by atoms with Gasteiger partial charge in [-0.05, 0) is 30.7 Å². The van der Waals surface area contributed by atoms with Gasteiger partial charge in [0.15, 0.2) is 0 Å². The van der Waals surface area contributed by atoms with E-state index in [1.165, 1.54) is 18.4 Å². The molecule has 1 atom stereocenters. The van der Waals surface area contributed by atoms with Gasteiger partial charge in [0.2, 0.25) is 0 Å². The molecule has 0 aromatic carbocycles. The molecule has 0 saturated carbocycles. The van der Waals surface area contributed by atoms with E-state index < -0.39 is 16.0 Å². The number of fused-ring (bicyclic) bond motifs is 1. The number of thiophene rings is 1. The van der Waals surface area contributed by atoms with Crippen molar-refractivity contribution in [1.82, 2.24) is 9.21 Å². The number of rotatable bonds is 6. The normalized spacial score (nSPS) is 20.4. The zero-order valence-corrected chi connectivity index (χ0v) is 18.8. The highest BCUT2D eigenvalue weighted by Gasteiger charge is 2.37. The molecule has 1 saturated heterocycles. The predicted molar refractivity (Wildman–Crippen MR) is 111 cm³/mol. The number of carbonyl (C=O) groups excluding carboxylic acids is 1. The van der Waals surface area contributed by atoms with Gasteiger partial charge in [-0.25, -0.2) is 13.2 Å². The van der Waals surface area contributed by atoms with Crippen LogP contribution in [0.4, 0.5) is 0 Å². The minimum atomic E-state index is -3.68. The third-order valence-electron chi connectivity index (χ3n) is 5.90. The first-order chi connectivity index (χ1) is 13.4. The molecule has 28 heavy (non-hydrogen) atoms. The number of sulfonamides is 1. The van der Waals surface area contributed by atoms with E-state index in [4.69, 9.17) is 4.74 Å². The quantitative estimate of drug-likeness (QED) is 0.649.